The molecule has 0 spiro atoms. The van der Waals surface area contributed by atoms with Crippen LogP contribution >= 0.6 is 8.81 Å². The Morgan fingerprint density at radius 2 is 1.84 bits per heavy atom. The molecular weight excluding hydrogens is 518 g/mol. The highest BCUT2D eigenvalue weighted by atomic mass is 31.1. The van der Waals surface area contributed by atoms with Crippen LogP contribution in [0.15, 0.2) is 48.7 Å². The van der Waals surface area contributed by atoms with Gasteiger partial charge in [-0.1, -0.05) is 24.3 Å². The molecule has 38 heavy (non-hydrogen) atoms. The minimum Gasteiger partial charge on any atom is -0.397 e. The number of halogens is 3. The molecule has 2 aromatic carbocycles. The number of aromatic nitrogens is 2. The van der Waals surface area contributed by atoms with Crippen LogP contribution in [0.3, 0.4) is 0 Å². The van der Waals surface area contributed by atoms with Gasteiger partial charge in [0.25, 0.3) is 5.91 Å². The Labute approximate surface area is 221 Å². The average molecular weight is 550 g/mol. The summed E-state index contributed by atoms with van der Waals surface area (Å²) >= 11 is 0. The molecule has 3 N–H and O–H groups in total. The van der Waals surface area contributed by atoms with E-state index in [2.05, 4.69) is 20.6 Å². The van der Waals surface area contributed by atoms with Gasteiger partial charge >= 0.3 is 6.18 Å². The maximum absolute atomic E-state index is 13.7. The van der Waals surface area contributed by atoms with E-state index in [1.807, 2.05) is 37.3 Å². The van der Waals surface area contributed by atoms with Gasteiger partial charge in [-0.2, -0.15) is 18.2 Å². The van der Waals surface area contributed by atoms with E-state index < -0.39 is 17.6 Å². The van der Waals surface area contributed by atoms with Crippen molar-refractivity contribution in [2.24, 2.45) is 0 Å². The minimum atomic E-state index is -4.68. The second-order valence-electron chi connectivity index (χ2n) is 8.29. The first-order chi connectivity index (χ1) is 18.2. The van der Waals surface area contributed by atoms with Gasteiger partial charge in [0.15, 0.2) is 0 Å². The van der Waals surface area contributed by atoms with Gasteiger partial charge in [-0.15, -0.1) is 0 Å². The predicted molar refractivity (Wildman–Crippen MR) is 144 cm³/mol. The van der Waals surface area contributed by atoms with Crippen LogP contribution in [-0.4, -0.2) is 52.7 Å². The number of carbonyl (C=O) groups excluding carboxylic acids is 1. The van der Waals surface area contributed by atoms with Crippen molar-refractivity contribution < 1.29 is 27.6 Å². The summed E-state index contributed by atoms with van der Waals surface area (Å²) in [6.45, 7) is 5.09. The summed E-state index contributed by atoms with van der Waals surface area (Å²) in [6, 6.07) is 12.5. The molecule has 1 unspecified atom stereocenters. The number of rotatable bonds is 8. The van der Waals surface area contributed by atoms with Crippen LogP contribution in [0.2, 0.25) is 0 Å². The van der Waals surface area contributed by atoms with Gasteiger partial charge < -0.3 is 25.2 Å². The highest BCUT2D eigenvalue weighted by Gasteiger charge is 2.36. The van der Waals surface area contributed by atoms with E-state index in [1.165, 1.54) is 0 Å². The van der Waals surface area contributed by atoms with Crippen LogP contribution in [0.25, 0.3) is 0 Å². The van der Waals surface area contributed by atoms with Gasteiger partial charge in [-0.05, 0) is 49.6 Å². The van der Waals surface area contributed by atoms with Crippen LogP contribution in [0.1, 0.15) is 40.9 Å². The zero-order chi connectivity index (χ0) is 27.7. The number of anilines is 4. The van der Waals surface area contributed by atoms with Crippen LogP contribution < -0.4 is 10.6 Å². The monoisotopic (exact) mass is 549 g/mol. The molecule has 0 saturated heterocycles. The highest BCUT2D eigenvalue weighted by Crippen LogP contribution is 2.37. The average Bonchev–Trinajstić information content (AvgIpc) is 2.87. The summed E-state index contributed by atoms with van der Waals surface area (Å²) in [5.41, 5.74) is 2.10. The van der Waals surface area contributed by atoms with Crippen molar-refractivity contribution >= 4 is 37.9 Å². The van der Waals surface area contributed by atoms with Crippen molar-refractivity contribution in [1.82, 2.24) is 14.9 Å². The molecule has 1 aliphatic rings. The summed E-state index contributed by atoms with van der Waals surface area (Å²) in [5.74, 6) is -0.683. The highest BCUT2D eigenvalue weighted by molar-refractivity contribution is 7.31. The maximum atomic E-state index is 13.7. The molecule has 0 aliphatic carbocycles. The smallest absolute Gasteiger partial charge is 0.397 e. The van der Waals surface area contributed by atoms with Crippen LogP contribution in [-0.2, 0) is 23.3 Å². The Kier molecular flexibility index (Phi) is 10.4. The summed E-state index contributed by atoms with van der Waals surface area (Å²) < 4.78 is 46.6. The third kappa shape index (κ3) is 7.63. The van der Waals surface area contributed by atoms with Crippen LogP contribution in [0.4, 0.5) is 36.3 Å². The second-order valence-corrected chi connectivity index (χ2v) is 9.22. The normalized spacial score (nSPS) is 13.2. The Balaban J connectivity index is 0.00000127. The van der Waals surface area contributed by atoms with E-state index in [9.17, 15) is 18.0 Å². The van der Waals surface area contributed by atoms with Gasteiger partial charge in [0.05, 0.1) is 11.3 Å². The number of nitrogens with one attached hydrogen (secondary N) is 2. The minimum absolute atomic E-state index is 0.00214. The molecule has 4 rings (SSSR count). The van der Waals surface area contributed by atoms with Gasteiger partial charge in [0, 0.05) is 53.7 Å². The number of carbonyl (C=O) groups is 1. The molecule has 0 radical (unpaired) electrons. The summed E-state index contributed by atoms with van der Waals surface area (Å²) in [7, 11) is 2.03. The lowest BCUT2D eigenvalue weighted by Gasteiger charge is -2.27. The zero-order valence-corrected chi connectivity index (χ0v) is 22.4. The Bertz CT molecular complexity index is 1230. The predicted octanol–water partition coefficient (Wildman–Crippen LogP) is 5.74. The number of benzene rings is 2. The van der Waals surface area contributed by atoms with Crippen LogP contribution in [0.5, 0.6) is 0 Å². The summed E-state index contributed by atoms with van der Waals surface area (Å²) in [6.07, 6.45) is -2.54. The fourth-order valence-electron chi connectivity index (χ4n) is 3.69. The Hall–Kier alpha value is -3.27. The zero-order valence-electron chi connectivity index (χ0n) is 21.4. The Morgan fingerprint density at radius 1 is 1.13 bits per heavy atom. The van der Waals surface area contributed by atoms with E-state index in [0.29, 0.717) is 39.6 Å². The van der Waals surface area contributed by atoms with Gasteiger partial charge in [-0.25, -0.2) is 4.98 Å². The molecule has 1 atom stereocenters. The van der Waals surface area contributed by atoms with E-state index in [4.69, 9.17) is 9.63 Å². The first kappa shape index (κ1) is 29.3. The Morgan fingerprint density at radius 3 is 2.50 bits per heavy atom. The molecule has 0 saturated carbocycles. The topological polar surface area (TPSA) is 99.6 Å². The van der Waals surface area contributed by atoms with E-state index >= 15 is 0 Å². The molecule has 204 valence electrons. The molecule has 12 heteroatoms. The number of alkyl halides is 3. The van der Waals surface area contributed by atoms with Gasteiger partial charge in [-0.3, -0.25) is 4.79 Å². The van der Waals surface area contributed by atoms with Crippen molar-refractivity contribution in [3.05, 3.63) is 70.9 Å². The molecule has 1 aromatic heterocycles. The standard InChI is InChI=1S/C24H25F3N5O2P.C2H6O/c1-3-34-35-14-15-7-9-17(10-8-15)29-23-28-13-18(24(25,26)27)21(31-23)30-19-6-4-5-16-11-12-32(2)22(33)20(16)19;1-2-3/h4-10,13,35H,3,11-12,14H2,1-2H3,(H2,28,29,30,31);3H,2H2,1H3. The summed E-state index contributed by atoms with van der Waals surface area (Å²) in [4.78, 5) is 22.3. The molecule has 1 amide bonds. The fourth-order valence-corrected chi connectivity index (χ4v) is 4.40. The number of likely N-dealkylation sites (N-methyl/N-ethyl adjacent to an activating group) is 1. The first-order valence-electron chi connectivity index (χ1n) is 12.1. The number of hydrogen-bond acceptors (Lipinski definition) is 7. The number of amides is 1. The first-order valence-corrected chi connectivity index (χ1v) is 13.2. The molecule has 0 fully saturated rings. The molecule has 3 aromatic rings. The van der Waals surface area contributed by atoms with E-state index in [0.717, 1.165) is 23.5 Å². The molecular formula is C26H31F3N5O3P. The van der Waals surface area contributed by atoms with E-state index in [-0.39, 0.29) is 24.1 Å². The maximum Gasteiger partial charge on any atom is 0.421 e. The van der Waals surface area contributed by atoms with E-state index in [1.54, 1.807) is 31.0 Å². The molecule has 0 bridgehead atoms. The largest absolute Gasteiger partial charge is 0.421 e. The lowest BCUT2D eigenvalue weighted by atomic mass is 9.97. The number of aliphatic hydroxyl groups excluding tert-OH is 1. The third-order valence-electron chi connectivity index (χ3n) is 5.51. The van der Waals surface area contributed by atoms with Gasteiger partial charge in [0.1, 0.15) is 11.4 Å². The quantitative estimate of drug-likeness (QED) is 0.243. The lowest BCUT2D eigenvalue weighted by Crippen LogP contribution is -2.34. The van der Waals surface area contributed by atoms with Crippen molar-refractivity contribution in [2.45, 2.75) is 32.6 Å². The number of fused-ring (bicyclic) bond motifs is 1. The van der Waals surface area contributed by atoms with Crippen molar-refractivity contribution in [2.75, 3.05) is 37.4 Å². The SMILES string of the molecule is CCO.CCOPCc1ccc(Nc2ncc(C(F)(F)F)c(Nc3cccc4c3C(=O)N(C)CC4)n2)cc1. The molecule has 1 aliphatic heterocycles. The number of aliphatic hydroxyl groups is 1. The van der Waals surface area contributed by atoms with Crippen LogP contribution in [0, 0.1) is 0 Å². The summed E-state index contributed by atoms with van der Waals surface area (Å²) in [5, 5.41) is 13.3. The number of hydrogen-bond donors (Lipinski definition) is 3. The fraction of sp³-hybridized carbons (Fsp3) is 0.346. The van der Waals surface area contributed by atoms with Crippen molar-refractivity contribution in [3.63, 3.8) is 0 Å². The third-order valence-corrected chi connectivity index (χ3v) is 6.55. The lowest BCUT2D eigenvalue weighted by molar-refractivity contribution is -0.137. The second kappa shape index (κ2) is 13.5. The number of nitrogens with zero attached hydrogens (tertiary/aromatic N) is 3. The van der Waals surface area contributed by atoms with Gasteiger partial charge in [0.2, 0.25) is 5.95 Å². The van der Waals surface area contributed by atoms with Crippen molar-refractivity contribution in [1.29, 1.82) is 0 Å². The molecule has 2 heterocycles. The molecule has 8 nitrogen and oxygen atoms in total. The van der Waals surface area contributed by atoms with Crippen molar-refractivity contribution in [3.8, 4) is 0 Å².